The van der Waals surface area contributed by atoms with E-state index >= 15 is 0 Å². The second kappa shape index (κ2) is 4.53. The summed E-state index contributed by atoms with van der Waals surface area (Å²) in [5.41, 5.74) is 0.283. The van der Waals surface area contributed by atoms with E-state index in [1.807, 2.05) is 0 Å². The summed E-state index contributed by atoms with van der Waals surface area (Å²) in [5, 5.41) is 3.74. The van der Waals surface area contributed by atoms with E-state index in [0.29, 0.717) is 11.5 Å². The lowest BCUT2D eigenvalue weighted by atomic mass is 10.1. The van der Waals surface area contributed by atoms with Crippen molar-refractivity contribution in [2.24, 2.45) is 0 Å². The zero-order valence-corrected chi connectivity index (χ0v) is 10.1. The maximum Gasteiger partial charge on any atom is 0.238 e. The molecule has 0 radical (unpaired) electrons. The van der Waals surface area contributed by atoms with Gasteiger partial charge in [0.15, 0.2) is 5.78 Å². The fourth-order valence-corrected chi connectivity index (χ4v) is 2.89. The molecule has 92 valence electrons. The molecule has 0 spiro atoms. The van der Waals surface area contributed by atoms with Gasteiger partial charge in [-0.1, -0.05) is 17.3 Å². The van der Waals surface area contributed by atoms with Gasteiger partial charge in [0.05, 0.1) is 11.3 Å². The fraction of sp³-hybridized carbons (Fsp3) is 0.250. The van der Waals surface area contributed by atoms with Crippen LogP contribution in [0, 0.1) is 5.82 Å². The predicted molar refractivity (Wildman–Crippen MR) is 64.8 cm³/mol. The van der Waals surface area contributed by atoms with Crippen molar-refractivity contribution in [1.82, 2.24) is 10.1 Å². The first-order valence-electron chi connectivity index (χ1n) is 5.44. The van der Waals surface area contributed by atoms with Crippen LogP contribution in [0.4, 0.5) is 4.39 Å². The summed E-state index contributed by atoms with van der Waals surface area (Å²) >= 11 is 1.54. The lowest BCUT2D eigenvalue weighted by Gasteiger charge is -1.98. The Balaban J connectivity index is 1.95. The molecule has 1 aliphatic heterocycles. The lowest BCUT2D eigenvalue weighted by molar-refractivity contribution is -0.117. The summed E-state index contributed by atoms with van der Waals surface area (Å²) in [4.78, 5) is 15.7. The molecule has 6 heteroatoms. The van der Waals surface area contributed by atoms with E-state index in [1.165, 1.54) is 6.07 Å². The first-order valence-corrected chi connectivity index (χ1v) is 6.60. The lowest BCUT2D eigenvalue weighted by Crippen LogP contribution is -2.09. The molecule has 4 nitrogen and oxygen atoms in total. The number of ketones is 1. The van der Waals surface area contributed by atoms with Gasteiger partial charge in [-0.2, -0.15) is 16.7 Å². The fourth-order valence-electron chi connectivity index (χ4n) is 1.81. The van der Waals surface area contributed by atoms with Crippen molar-refractivity contribution in [2.75, 3.05) is 11.5 Å². The molecular weight excluding hydrogens is 255 g/mol. The molecule has 1 unspecified atom stereocenters. The van der Waals surface area contributed by atoms with Crippen LogP contribution in [0.1, 0.15) is 11.8 Å². The Morgan fingerprint density at radius 3 is 2.94 bits per heavy atom. The predicted octanol–water partition coefficient (Wildman–Crippen LogP) is 2.28. The highest BCUT2D eigenvalue weighted by Gasteiger charge is 2.31. The SMILES string of the molecule is O=C1CSCC1c1nc(-c2ccccc2F)no1. The molecule has 1 fully saturated rings. The van der Waals surface area contributed by atoms with Crippen LogP contribution in [0.25, 0.3) is 11.4 Å². The average Bonchev–Trinajstić information content (AvgIpc) is 2.98. The van der Waals surface area contributed by atoms with Gasteiger partial charge in [-0.3, -0.25) is 4.79 Å². The van der Waals surface area contributed by atoms with E-state index < -0.39 is 5.82 Å². The van der Waals surface area contributed by atoms with Crippen molar-refractivity contribution in [2.45, 2.75) is 5.92 Å². The largest absolute Gasteiger partial charge is 0.338 e. The van der Waals surface area contributed by atoms with Gasteiger partial charge in [0.25, 0.3) is 0 Å². The van der Waals surface area contributed by atoms with E-state index in [9.17, 15) is 9.18 Å². The second-order valence-corrected chi connectivity index (χ2v) is 5.00. The molecule has 1 aromatic heterocycles. The summed E-state index contributed by atoms with van der Waals surface area (Å²) < 4.78 is 18.6. The van der Waals surface area contributed by atoms with Gasteiger partial charge in [0, 0.05) is 5.75 Å². The highest BCUT2D eigenvalue weighted by molar-refractivity contribution is 8.00. The Labute approximate surface area is 107 Å². The minimum Gasteiger partial charge on any atom is -0.338 e. The number of hydrogen-bond acceptors (Lipinski definition) is 5. The molecule has 2 heterocycles. The van der Waals surface area contributed by atoms with Gasteiger partial charge in [-0.25, -0.2) is 4.39 Å². The van der Waals surface area contributed by atoms with Crippen LogP contribution in [0.15, 0.2) is 28.8 Å². The van der Waals surface area contributed by atoms with Crippen molar-refractivity contribution in [1.29, 1.82) is 0 Å². The maximum atomic E-state index is 13.5. The van der Waals surface area contributed by atoms with Crippen LogP contribution >= 0.6 is 11.8 Å². The minimum absolute atomic E-state index is 0.0868. The monoisotopic (exact) mass is 264 g/mol. The van der Waals surface area contributed by atoms with E-state index in [4.69, 9.17) is 4.52 Å². The number of aromatic nitrogens is 2. The summed E-state index contributed by atoms with van der Waals surface area (Å²) in [5.74, 6) is 0.930. The van der Waals surface area contributed by atoms with Crippen molar-refractivity contribution in [3.63, 3.8) is 0 Å². The number of Topliss-reactive ketones (excluding diaryl/α,β-unsaturated/α-hetero) is 1. The summed E-state index contributed by atoms with van der Waals surface area (Å²) in [7, 11) is 0. The van der Waals surface area contributed by atoms with Crippen LogP contribution in [0.3, 0.4) is 0 Å². The Hall–Kier alpha value is -1.69. The molecule has 1 aliphatic rings. The summed E-state index contributed by atoms with van der Waals surface area (Å²) in [6.45, 7) is 0. The third-order valence-corrected chi connectivity index (χ3v) is 3.83. The highest BCUT2D eigenvalue weighted by atomic mass is 32.2. The van der Waals surface area contributed by atoms with E-state index in [-0.39, 0.29) is 29.0 Å². The van der Waals surface area contributed by atoms with Crippen molar-refractivity contribution >= 4 is 17.5 Å². The van der Waals surface area contributed by atoms with Crippen molar-refractivity contribution in [3.05, 3.63) is 36.0 Å². The van der Waals surface area contributed by atoms with Crippen LogP contribution in [-0.2, 0) is 4.79 Å². The molecule has 1 aromatic carbocycles. The number of halogens is 1. The third kappa shape index (κ3) is 1.92. The molecule has 3 rings (SSSR count). The molecular formula is C12H9FN2O2S. The number of benzene rings is 1. The topological polar surface area (TPSA) is 56.0 Å². The summed E-state index contributed by atoms with van der Waals surface area (Å²) in [6, 6.07) is 6.21. The number of rotatable bonds is 2. The average molecular weight is 264 g/mol. The molecule has 0 saturated carbocycles. The van der Waals surface area contributed by atoms with Crippen LogP contribution in [0.5, 0.6) is 0 Å². The molecule has 2 aromatic rings. The first-order chi connectivity index (χ1) is 8.75. The van der Waals surface area contributed by atoms with Crippen molar-refractivity contribution in [3.8, 4) is 11.4 Å². The smallest absolute Gasteiger partial charge is 0.238 e. The van der Waals surface area contributed by atoms with E-state index in [2.05, 4.69) is 10.1 Å². The van der Waals surface area contributed by atoms with Gasteiger partial charge < -0.3 is 4.52 Å². The van der Waals surface area contributed by atoms with Gasteiger partial charge in [-0.05, 0) is 12.1 Å². The number of carbonyl (C=O) groups excluding carboxylic acids is 1. The second-order valence-electron chi connectivity index (χ2n) is 3.97. The first kappa shape index (κ1) is 11.4. The van der Waals surface area contributed by atoms with E-state index in [1.54, 1.807) is 30.0 Å². The zero-order chi connectivity index (χ0) is 12.5. The van der Waals surface area contributed by atoms with Crippen molar-refractivity contribution < 1.29 is 13.7 Å². The molecule has 18 heavy (non-hydrogen) atoms. The number of carbonyl (C=O) groups is 1. The van der Waals surface area contributed by atoms with Gasteiger partial charge in [0.2, 0.25) is 11.7 Å². The minimum atomic E-state index is -0.406. The molecule has 1 atom stereocenters. The van der Waals surface area contributed by atoms with Gasteiger partial charge in [-0.15, -0.1) is 0 Å². The summed E-state index contributed by atoms with van der Waals surface area (Å²) in [6.07, 6.45) is 0. The zero-order valence-electron chi connectivity index (χ0n) is 9.30. The third-order valence-electron chi connectivity index (χ3n) is 2.77. The standard InChI is InChI=1S/C12H9FN2O2S/c13-9-4-2-1-3-7(9)11-14-12(17-15-11)8-5-18-6-10(8)16/h1-4,8H,5-6H2. The Kier molecular flexibility index (Phi) is 2.87. The quantitative estimate of drug-likeness (QED) is 0.832. The molecule has 0 N–H and O–H groups in total. The van der Waals surface area contributed by atoms with Crippen LogP contribution in [-0.4, -0.2) is 27.4 Å². The molecule has 1 saturated heterocycles. The Morgan fingerprint density at radius 1 is 1.39 bits per heavy atom. The molecule has 0 amide bonds. The van der Waals surface area contributed by atoms with Crippen LogP contribution in [0.2, 0.25) is 0 Å². The Morgan fingerprint density at radius 2 is 2.22 bits per heavy atom. The number of hydrogen-bond donors (Lipinski definition) is 0. The van der Waals surface area contributed by atoms with Gasteiger partial charge >= 0.3 is 0 Å². The van der Waals surface area contributed by atoms with Crippen LogP contribution < -0.4 is 0 Å². The van der Waals surface area contributed by atoms with Gasteiger partial charge in [0.1, 0.15) is 11.7 Å². The Bertz CT molecular complexity index is 599. The van der Waals surface area contributed by atoms with E-state index in [0.717, 1.165) is 0 Å². The molecule has 0 bridgehead atoms. The number of thioether (sulfide) groups is 1. The maximum absolute atomic E-state index is 13.5. The molecule has 0 aliphatic carbocycles. The number of nitrogens with zero attached hydrogens (tertiary/aromatic N) is 2. The normalized spacial score (nSPS) is 19.4. The highest BCUT2D eigenvalue weighted by Crippen LogP contribution is 2.30.